The van der Waals surface area contributed by atoms with Gasteiger partial charge in [-0.25, -0.2) is 4.79 Å². The number of carboxylic acids is 1. The molecular formula is C13H20N2O2. The minimum atomic E-state index is -0.922. The minimum Gasteiger partial charge on any atom is -0.478 e. The second kappa shape index (κ2) is 5.66. The number of pyridine rings is 1. The van der Waals surface area contributed by atoms with Crippen LogP contribution in [0, 0.1) is 12.8 Å². The molecule has 1 aromatic heterocycles. The third kappa shape index (κ3) is 3.44. The van der Waals surface area contributed by atoms with Crippen LogP contribution in [0.4, 0.5) is 5.69 Å². The number of hydrogen-bond acceptors (Lipinski definition) is 3. The topological polar surface area (TPSA) is 53.4 Å². The van der Waals surface area contributed by atoms with Crippen LogP contribution in [0.1, 0.15) is 36.8 Å². The van der Waals surface area contributed by atoms with Crippen LogP contribution in [0.2, 0.25) is 0 Å². The molecule has 0 unspecified atom stereocenters. The average molecular weight is 236 g/mol. The zero-order valence-corrected chi connectivity index (χ0v) is 10.9. The smallest absolute Gasteiger partial charge is 0.339 e. The Labute approximate surface area is 102 Å². The quantitative estimate of drug-likeness (QED) is 0.853. The Balaban J connectivity index is 3.15. The van der Waals surface area contributed by atoms with Crippen molar-refractivity contribution in [3.8, 4) is 0 Å². The molecule has 1 N–H and O–H groups in total. The lowest BCUT2D eigenvalue weighted by Gasteiger charge is -2.26. The van der Waals surface area contributed by atoms with E-state index in [-0.39, 0.29) is 5.56 Å². The van der Waals surface area contributed by atoms with E-state index in [4.69, 9.17) is 5.11 Å². The summed E-state index contributed by atoms with van der Waals surface area (Å²) in [7, 11) is 0. The molecule has 0 amide bonds. The van der Waals surface area contributed by atoms with E-state index in [0.29, 0.717) is 5.92 Å². The van der Waals surface area contributed by atoms with Gasteiger partial charge in [0.2, 0.25) is 0 Å². The van der Waals surface area contributed by atoms with Crippen LogP contribution < -0.4 is 4.90 Å². The molecule has 0 atom stereocenters. The van der Waals surface area contributed by atoms with Crippen molar-refractivity contribution in [2.24, 2.45) is 5.92 Å². The van der Waals surface area contributed by atoms with Crippen LogP contribution in [-0.2, 0) is 0 Å². The van der Waals surface area contributed by atoms with E-state index in [0.717, 1.165) is 24.5 Å². The first-order valence-electron chi connectivity index (χ1n) is 5.90. The molecule has 1 heterocycles. The number of nitrogens with zero attached hydrogens (tertiary/aromatic N) is 2. The van der Waals surface area contributed by atoms with Gasteiger partial charge in [0.1, 0.15) is 5.56 Å². The number of anilines is 1. The third-order valence-electron chi connectivity index (χ3n) is 2.56. The molecule has 0 fully saturated rings. The highest BCUT2D eigenvalue weighted by Gasteiger charge is 2.16. The normalized spacial score (nSPS) is 10.6. The molecule has 0 bridgehead atoms. The van der Waals surface area contributed by atoms with Crippen molar-refractivity contribution < 1.29 is 9.90 Å². The fourth-order valence-electron chi connectivity index (χ4n) is 1.81. The molecule has 0 saturated carbocycles. The fourth-order valence-corrected chi connectivity index (χ4v) is 1.81. The summed E-state index contributed by atoms with van der Waals surface area (Å²) >= 11 is 0. The molecule has 4 heteroatoms. The minimum absolute atomic E-state index is 0.276. The van der Waals surface area contributed by atoms with Gasteiger partial charge in [0.05, 0.1) is 5.69 Å². The van der Waals surface area contributed by atoms with E-state index < -0.39 is 5.97 Å². The second-order valence-electron chi connectivity index (χ2n) is 4.58. The van der Waals surface area contributed by atoms with Gasteiger partial charge in [-0.15, -0.1) is 0 Å². The molecular weight excluding hydrogens is 216 g/mol. The van der Waals surface area contributed by atoms with Crippen molar-refractivity contribution in [3.63, 3.8) is 0 Å². The standard InChI is InChI=1S/C13H20N2O2/c1-5-15(8-9(2)3)12-6-10(4)14-7-11(12)13(16)17/h6-7,9H,5,8H2,1-4H3,(H,16,17). The van der Waals surface area contributed by atoms with Gasteiger partial charge in [0.15, 0.2) is 0 Å². The highest BCUT2D eigenvalue weighted by atomic mass is 16.4. The largest absolute Gasteiger partial charge is 0.478 e. The first kappa shape index (κ1) is 13.5. The zero-order valence-electron chi connectivity index (χ0n) is 10.9. The number of hydrogen-bond donors (Lipinski definition) is 1. The van der Waals surface area contributed by atoms with E-state index in [1.54, 1.807) is 0 Å². The average Bonchev–Trinajstić information content (AvgIpc) is 2.25. The summed E-state index contributed by atoms with van der Waals surface area (Å²) in [6, 6.07) is 1.84. The Morgan fingerprint density at radius 3 is 2.65 bits per heavy atom. The van der Waals surface area contributed by atoms with Crippen LogP contribution >= 0.6 is 0 Å². The highest BCUT2D eigenvalue weighted by molar-refractivity contribution is 5.94. The Hall–Kier alpha value is -1.58. The molecule has 1 aromatic rings. The van der Waals surface area contributed by atoms with Crippen molar-refractivity contribution in [2.75, 3.05) is 18.0 Å². The number of carbonyl (C=O) groups is 1. The predicted octanol–water partition coefficient (Wildman–Crippen LogP) is 2.57. The van der Waals surface area contributed by atoms with Crippen LogP contribution in [0.3, 0.4) is 0 Å². The fraction of sp³-hybridized carbons (Fsp3) is 0.538. The van der Waals surface area contributed by atoms with Gasteiger partial charge in [0, 0.05) is 25.0 Å². The maximum atomic E-state index is 11.2. The lowest BCUT2D eigenvalue weighted by atomic mass is 10.1. The Kier molecular flexibility index (Phi) is 4.49. The summed E-state index contributed by atoms with van der Waals surface area (Å²) in [6.07, 6.45) is 1.44. The van der Waals surface area contributed by atoms with E-state index in [9.17, 15) is 4.79 Å². The summed E-state index contributed by atoms with van der Waals surface area (Å²) in [4.78, 5) is 17.3. The molecule has 0 aliphatic rings. The number of aryl methyl sites for hydroxylation is 1. The van der Waals surface area contributed by atoms with Gasteiger partial charge in [-0.3, -0.25) is 4.98 Å². The summed E-state index contributed by atoms with van der Waals surface area (Å²) in [5.41, 5.74) is 1.88. The van der Waals surface area contributed by atoms with E-state index in [2.05, 4.69) is 23.7 Å². The Bertz CT molecular complexity index is 402. The van der Waals surface area contributed by atoms with Gasteiger partial charge in [-0.1, -0.05) is 13.8 Å². The maximum absolute atomic E-state index is 11.2. The monoisotopic (exact) mass is 236 g/mol. The first-order valence-corrected chi connectivity index (χ1v) is 5.90. The maximum Gasteiger partial charge on any atom is 0.339 e. The number of rotatable bonds is 5. The van der Waals surface area contributed by atoms with Gasteiger partial charge in [0.25, 0.3) is 0 Å². The lowest BCUT2D eigenvalue weighted by molar-refractivity contribution is 0.0697. The van der Waals surface area contributed by atoms with E-state index in [1.165, 1.54) is 6.20 Å². The molecule has 0 aliphatic heterocycles. The molecule has 94 valence electrons. The Morgan fingerprint density at radius 2 is 2.18 bits per heavy atom. The SMILES string of the molecule is CCN(CC(C)C)c1cc(C)ncc1C(=O)O. The molecule has 0 radical (unpaired) electrons. The predicted molar refractivity (Wildman–Crippen MR) is 68.7 cm³/mol. The molecule has 17 heavy (non-hydrogen) atoms. The van der Waals surface area contributed by atoms with Crippen molar-refractivity contribution in [3.05, 3.63) is 23.5 Å². The molecule has 0 saturated heterocycles. The first-order chi connectivity index (χ1) is 7.95. The molecule has 4 nitrogen and oxygen atoms in total. The molecule has 0 spiro atoms. The molecule has 0 aromatic carbocycles. The summed E-state index contributed by atoms with van der Waals surface area (Å²) < 4.78 is 0. The lowest BCUT2D eigenvalue weighted by Crippen LogP contribution is -2.29. The van der Waals surface area contributed by atoms with Crippen molar-refractivity contribution >= 4 is 11.7 Å². The van der Waals surface area contributed by atoms with Gasteiger partial charge < -0.3 is 10.0 Å². The van der Waals surface area contributed by atoms with E-state index in [1.807, 2.05) is 19.9 Å². The van der Waals surface area contributed by atoms with Gasteiger partial charge >= 0.3 is 5.97 Å². The molecule has 0 aliphatic carbocycles. The molecule has 1 rings (SSSR count). The summed E-state index contributed by atoms with van der Waals surface area (Å²) in [6.45, 7) is 9.79. The van der Waals surface area contributed by atoms with Crippen LogP contribution in [0.15, 0.2) is 12.3 Å². The van der Waals surface area contributed by atoms with Crippen molar-refractivity contribution in [1.82, 2.24) is 4.98 Å². The Morgan fingerprint density at radius 1 is 1.53 bits per heavy atom. The second-order valence-corrected chi connectivity index (χ2v) is 4.58. The van der Waals surface area contributed by atoms with Crippen LogP contribution in [-0.4, -0.2) is 29.1 Å². The highest BCUT2D eigenvalue weighted by Crippen LogP contribution is 2.21. The van der Waals surface area contributed by atoms with E-state index >= 15 is 0 Å². The van der Waals surface area contributed by atoms with Crippen molar-refractivity contribution in [2.45, 2.75) is 27.7 Å². The van der Waals surface area contributed by atoms with Crippen LogP contribution in [0.5, 0.6) is 0 Å². The third-order valence-corrected chi connectivity index (χ3v) is 2.56. The summed E-state index contributed by atoms with van der Waals surface area (Å²) in [5, 5.41) is 9.17. The van der Waals surface area contributed by atoms with Crippen molar-refractivity contribution in [1.29, 1.82) is 0 Å². The summed E-state index contributed by atoms with van der Waals surface area (Å²) in [5.74, 6) is -0.431. The number of carboxylic acid groups (broad SMARTS) is 1. The van der Waals surface area contributed by atoms with Crippen LogP contribution in [0.25, 0.3) is 0 Å². The van der Waals surface area contributed by atoms with Gasteiger partial charge in [-0.2, -0.15) is 0 Å². The number of aromatic nitrogens is 1. The van der Waals surface area contributed by atoms with Gasteiger partial charge in [-0.05, 0) is 25.8 Å². The number of aromatic carboxylic acids is 1. The zero-order chi connectivity index (χ0) is 13.0.